The molecule has 0 spiro atoms. The second-order valence-corrected chi connectivity index (χ2v) is 3.89. The van der Waals surface area contributed by atoms with Crippen LogP contribution in [0.3, 0.4) is 0 Å². The van der Waals surface area contributed by atoms with Gasteiger partial charge in [0, 0.05) is 0 Å². The molecule has 2 rings (SSSR count). The SMILES string of the molecule is Cc1cc(C)c2c(=O)[nH]c(CCl)nc2c1. The summed E-state index contributed by atoms with van der Waals surface area (Å²) >= 11 is 5.65. The zero-order chi connectivity index (χ0) is 11.0. The second kappa shape index (κ2) is 3.66. The Hall–Kier alpha value is -1.35. The van der Waals surface area contributed by atoms with Crippen LogP contribution in [0.4, 0.5) is 0 Å². The molecule has 0 aliphatic carbocycles. The molecule has 0 radical (unpaired) electrons. The van der Waals surface area contributed by atoms with Gasteiger partial charge in [-0.2, -0.15) is 0 Å². The third kappa shape index (κ3) is 1.75. The Balaban J connectivity index is 2.91. The third-order valence-electron chi connectivity index (χ3n) is 2.33. The standard InChI is InChI=1S/C11H11ClN2O/c1-6-3-7(2)10-8(4-6)13-9(5-12)14-11(10)15/h3-4H,5H2,1-2H3,(H,13,14,15). The Morgan fingerprint density at radius 3 is 2.80 bits per heavy atom. The molecule has 0 atom stereocenters. The monoisotopic (exact) mass is 222 g/mol. The van der Waals surface area contributed by atoms with Crippen molar-refractivity contribution in [3.05, 3.63) is 39.4 Å². The maximum atomic E-state index is 11.7. The summed E-state index contributed by atoms with van der Waals surface area (Å²) in [5.41, 5.74) is 2.64. The number of aromatic nitrogens is 2. The van der Waals surface area contributed by atoms with E-state index in [0.717, 1.165) is 11.1 Å². The van der Waals surface area contributed by atoms with E-state index in [1.807, 2.05) is 26.0 Å². The zero-order valence-corrected chi connectivity index (χ0v) is 9.35. The molecule has 0 amide bonds. The zero-order valence-electron chi connectivity index (χ0n) is 8.60. The van der Waals surface area contributed by atoms with Crippen molar-refractivity contribution < 1.29 is 0 Å². The predicted octanol–water partition coefficient (Wildman–Crippen LogP) is 2.28. The van der Waals surface area contributed by atoms with Crippen LogP contribution >= 0.6 is 11.6 Å². The molecule has 78 valence electrons. The number of alkyl halides is 1. The van der Waals surface area contributed by atoms with Crippen LogP contribution in [0.1, 0.15) is 17.0 Å². The number of hydrogen-bond donors (Lipinski definition) is 1. The molecule has 0 saturated heterocycles. The van der Waals surface area contributed by atoms with Crippen LogP contribution in [-0.4, -0.2) is 9.97 Å². The molecular weight excluding hydrogens is 212 g/mol. The summed E-state index contributed by atoms with van der Waals surface area (Å²) in [5.74, 6) is 0.734. The van der Waals surface area contributed by atoms with E-state index in [1.165, 1.54) is 0 Å². The normalized spacial score (nSPS) is 10.9. The topological polar surface area (TPSA) is 45.8 Å². The van der Waals surface area contributed by atoms with Crippen LogP contribution in [0.15, 0.2) is 16.9 Å². The van der Waals surface area contributed by atoms with Gasteiger partial charge in [0.2, 0.25) is 0 Å². The van der Waals surface area contributed by atoms with Crippen LogP contribution in [-0.2, 0) is 5.88 Å². The molecule has 0 saturated carbocycles. The number of nitrogens with zero attached hydrogens (tertiary/aromatic N) is 1. The van der Waals surface area contributed by atoms with Gasteiger partial charge < -0.3 is 4.98 Å². The number of benzene rings is 1. The molecule has 1 N–H and O–H groups in total. The van der Waals surface area contributed by atoms with Gasteiger partial charge in [0.25, 0.3) is 5.56 Å². The van der Waals surface area contributed by atoms with E-state index >= 15 is 0 Å². The summed E-state index contributed by atoms with van der Waals surface area (Å²) in [7, 11) is 0. The quantitative estimate of drug-likeness (QED) is 0.753. The Morgan fingerprint density at radius 2 is 2.13 bits per heavy atom. The third-order valence-corrected chi connectivity index (χ3v) is 2.58. The molecule has 2 aromatic rings. The van der Waals surface area contributed by atoms with Crippen molar-refractivity contribution in [1.82, 2.24) is 9.97 Å². The molecule has 0 aliphatic heterocycles. The average molecular weight is 223 g/mol. The van der Waals surface area contributed by atoms with E-state index in [0.29, 0.717) is 16.7 Å². The minimum absolute atomic E-state index is 0.117. The lowest BCUT2D eigenvalue weighted by atomic mass is 10.1. The fourth-order valence-corrected chi connectivity index (χ4v) is 1.89. The first-order valence-corrected chi connectivity index (χ1v) is 5.21. The van der Waals surface area contributed by atoms with Crippen molar-refractivity contribution in [3.63, 3.8) is 0 Å². The van der Waals surface area contributed by atoms with Crippen LogP contribution in [0.5, 0.6) is 0 Å². The molecule has 1 heterocycles. The second-order valence-electron chi connectivity index (χ2n) is 3.62. The number of nitrogens with one attached hydrogen (secondary N) is 1. The number of aryl methyl sites for hydroxylation is 2. The first kappa shape index (κ1) is 10.2. The summed E-state index contributed by atoms with van der Waals surface area (Å²) in [6, 6.07) is 3.87. The Labute approximate surface area is 92.1 Å². The van der Waals surface area contributed by atoms with Gasteiger partial charge in [-0.3, -0.25) is 4.79 Å². The van der Waals surface area contributed by atoms with Crippen molar-refractivity contribution in [2.45, 2.75) is 19.7 Å². The summed E-state index contributed by atoms with van der Waals surface area (Å²) in [4.78, 5) is 18.7. The number of rotatable bonds is 1. The highest BCUT2D eigenvalue weighted by molar-refractivity contribution is 6.16. The lowest BCUT2D eigenvalue weighted by Gasteiger charge is -2.04. The van der Waals surface area contributed by atoms with Crippen LogP contribution in [0, 0.1) is 13.8 Å². The molecule has 1 aromatic carbocycles. The van der Waals surface area contributed by atoms with Gasteiger partial charge in [0.1, 0.15) is 5.82 Å². The predicted molar refractivity (Wildman–Crippen MR) is 61.4 cm³/mol. The number of hydrogen-bond acceptors (Lipinski definition) is 2. The summed E-state index contributed by atoms with van der Waals surface area (Å²) < 4.78 is 0. The van der Waals surface area contributed by atoms with Crippen LogP contribution in [0.2, 0.25) is 0 Å². The molecule has 0 unspecified atom stereocenters. The lowest BCUT2D eigenvalue weighted by molar-refractivity contribution is 1.03. The molecule has 0 fully saturated rings. The fourth-order valence-electron chi connectivity index (χ4n) is 1.76. The van der Waals surface area contributed by atoms with Gasteiger partial charge >= 0.3 is 0 Å². The number of aromatic amines is 1. The summed E-state index contributed by atoms with van der Waals surface area (Å²) in [6.07, 6.45) is 0. The molecule has 3 nitrogen and oxygen atoms in total. The lowest BCUT2D eigenvalue weighted by Crippen LogP contribution is -2.12. The van der Waals surface area contributed by atoms with Gasteiger partial charge in [-0.1, -0.05) is 6.07 Å². The maximum Gasteiger partial charge on any atom is 0.259 e. The van der Waals surface area contributed by atoms with Crippen LogP contribution < -0.4 is 5.56 Å². The maximum absolute atomic E-state index is 11.7. The molecule has 4 heteroatoms. The summed E-state index contributed by atoms with van der Waals surface area (Å²) in [6.45, 7) is 3.89. The van der Waals surface area contributed by atoms with E-state index in [2.05, 4.69) is 9.97 Å². The number of halogens is 1. The Morgan fingerprint density at radius 1 is 1.40 bits per heavy atom. The molecule has 0 bridgehead atoms. The number of fused-ring (bicyclic) bond motifs is 1. The van der Waals surface area contributed by atoms with E-state index in [1.54, 1.807) is 0 Å². The minimum atomic E-state index is -0.117. The van der Waals surface area contributed by atoms with Crippen molar-refractivity contribution >= 4 is 22.5 Å². The van der Waals surface area contributed by atoms with Gasteiger partial charge in [-0.25, -0.2) is 4.98 Å². The first-order valence-electron chi connectivity index (χ1n) is 4.68. The smallest absolute Gasteiger partial charge is 0.259 e. The van der Waals surface area contributed by atoms with E-state index in [9.17, 15) is 4.79 Å². The van der Waals surface area contributed by atoms with Crippen molar-refractivity contribution in [1.29, 1.82) is 0 Å². The largest absolute Gasteiger partial charge is 0.309 e. The molecule has 0 aliphatic rings. The van der Waals surface area contributed by atoms with Crippen LogP contribution in [0.25, 0.3) is 10.9 Å². The molecule has 15 heavy (non-hydrogen) atoms. The Kier molecular flexibility index (Phi) is 2.49. The van der Waals surface area contributed by atoms with Gasteiger partial charge in [0.15, 0.2) is 0 Å². The first-order chi connectivity index (χ1) is 7.11. The van der Waals surface area contributed by atoms with E-state index in [-0.39, 0.29) is 11.4 Å². The van der Waals surface area contributed by atoms with E-state index < -0.39 is 0 Å². The number of H-pyrrole nitrogens is 1. The van der Waals surface area contributed by atoms with Crippen molar-refractivity contribution in [2.24, 2.45) is 0 Å². The van der Waals surface area contributed by atoms with Gasteiger partial charge in [0.05, 0.1) is 16.8 Å². The highest BCUT2D eigenvalue weighted by Crippen LogP contribution is 2.15. The van der Waals surface area contributed by atoms with Crippen molar-refractivity contribution in [3.8, 4) is 0 Å². The Bertz CT molecular complexity index is 575. The minimum Gasteiger partial charge on any atom is -0.309 e. The molecule has 1 aromatic heterocycles. The van der Waals surface area contributed by atoms with E-state index in [4.69, 9.17) is 11.6 Å². The van der Waals surface area contributed by atoms with Crippen molar-refractivity contribution in [2.75, 3.05) is 0 Å². The molecular formula is C11H11ClN2O. The highest BCUT2D eigenvalue weighted by Gasteiger charge is 2.06. The van der Waals surface area contributed by atoms with Gasteiger partial charge in [-0.15, -0.1) is 11.6 Å². The average Bonchev–Trinajstić information content (AvgIpc) is 2.15. The summed E-state index contributed by atoms with van der Waals surface area (Å²) in [5, 5.41) is 0.648. The van der Waals surface area contributed by atoms with Gasteiger partial charge in [-0.05, 0) is 31.0 Å². The fraction of sp³-hybridized carbons (Fsp3) is 0.273. The highest BCUT2D eigenvalue weighted by atomic mass is 35.5.